The molecule has 152 valence electrons. The van der Waals surface area contributed by atoms with Gasteiger partial charge in [-0.2, -0.15) is 5.26 Å². The number of aryl methyl sites for hydroxylation is 2. The van der Waals surface area contributed by atoms with Gasteiger partial charge in [0.15, 0.2) is 0 Å². The third-order valence-corrected chi connectivity index (χ3v) is 4.65. The fourth-order valence-electron chi connectivity index (χ4n) is 2.95. The van der Waals surface area contributed by atoms with E-state index in [4.69, 9.17) is 13.9 Å². The first-order valence-electron chi connectivity index (χ1n) is 9.47. The van der Waals surface area contributed by atoms with Crippen molar-refractivity contribution < 1.29 is 18.7 Å². The van der Waals surface area contributed by atoms with Crippen LogP contribution in [0.5, 0.6) is 5.75 Å². The standard InChI is InChI=1S/C24H21NO5/c1-4-28-20-7-5-17(6-8-20)11-18(13-25)24(27)29-14-19-12-23(26)30-22-10-16(3)15(2)9-21(19)22/h5-12H,4,14H2,1-3H3/b18-11+. The minimum atomic E-state index is -0.767. The molecule has 0 spiro atoms. The highest BCUT2D eigenvalue weighted by molar-refractivity contribution is 5.98. The van der Waals surface area contributed by atoms with Crippen LogP contribution in [0.2, 0.25) is 0 Å². The Bertz CT molecular complexity index is 1210. The van der Waals surface area contributed by atoms with Crippen molar-refractivity contribution in [3.8, 4) is 11.8 Å². The molecule has 0 radical (unpaired) electrons. The normalized spacial score (nSPS) is 11.2. The van der Waals surface area contributed by atoms with Crippen LogP contribution in [-0.4, -0.2) is 12.6 Å². The number of carbonyl (C=O) groups is 1. The van der Waals surface area contributed by atoms with Crippen LogP contribution >= 0.6 is 0 Å². The van der Waals surface area contributed by atoms with Gasteiger partial charge >= 0.3 is 11.6 Å². The second-order valence-corrected chi connectivity index (χ2v) is 6.77. The summed E-state index contributed by atoms with van der Waals surface area (Å²) >= 11 is 0. The largest absolute Gasteiger partial charge is 0.494 e. The molecule has 6 heteroatoms. The smallest absolute Gasteiger partial charge is 0.349 e. The number of carbonyl (C=O) groups excluding carboxylic acids is 1. The van der Waals surface area contributed by atoms with E-state index in [2.05, 4.69) is 0 Å². The molecule has 0 saturated heterocycles. The van der Waals surface area contributed by atoms with E-state index >= 15 is 0 Å². The third-order valence-electron chi connectivity index (χ3n) is 4.65. The average molecular weight is 403 g/mol. The van der Waals surface area contributed by atoms with Crippen LogP contribution in [0, 0.1) is 25.2 Å². The quantitative estimate of drug-likeness (QED) is 0.261. The monoisotopic (exact) mass is 403 g/mol. The van der Waals surface area contributed by atoms with E-state index < -0.39 is 11.6 Å². The Balaban J connectivity index is 1.81. The Morgan fingerprint density at radius 2 is 1.83 bits per heavy atom. The topological polar surface area (TPSA) is 89.5 Å². The van der Waals surface area contributed by atoms with Crippen molar-refractivity contribution in [2.75, 3.05) is 6.61 Å². The molecular formula is C24H21NO5. The second-order valence-electron chi connectivity index (χ2n) is 6.77. The van der Waals surface area contributed by atoms with E-state index in [1.165, 1.54) is 12.1 Å². The van der Waals surface area contributed by atoms with Crippen molar-refractivity contribution in [3.63, 3.8) is 0 Å². The van der Waals surface area contributed by atoms with Crippen LogP contribution in [0.15, 0.2) is 57.2 Å². The predicted octanol–water partition coefficient (Wildman–Crippen LogP) is 4.46. The molecule has 3 rings (SSSR count). The Morgan fingerprint density at radius 1 is 1.13 bits per heavy atom. The molecule has 0 bridgehead atoms. The molecule has 3 aromatic rings. The highest BCUT2D eigenvalue weighted by Gasteiger charge is 2.14. The number of fused-ring (bicyclic) bond motifs is 1. The molecule has 6 nitrogen and oxygen atoms in total. The summed E-state index contributed by atoms with van der Waals surface area (Å²) in [5.74, 6) is -0.0624. The van der Waals surface area contributed by atoms with Crippen molar-refractivity contribution in [3.05, 3.63) is 80.7 Å². The maximum absolute atomic E-state index is 12.4. The van der Waals surface area contributed by atoms with Crippen LogP contribution in [0.4, 0.5) is 0 Å². The van der Waals surface area contributed by atoms with Crippen molar-refractivity contribution >= 4 is 23.0 Å². The molecule has 30 heavy (non-hydrogen) atoms. The number of nitriles is 1. The van der Waals surface area contributed by atoms with E-state index in [0.717, 1.165) is 11.1 Å². The van der Waals surface area contributed by atoms with Gasteiger partial charge in [0, 0.05) is 17.0 Å². The minimum absolute atomic E-state index is 0.140. The van der Waals surface area contributed by atoms with Crippen molar-refractivity contribution in [1.82, 2.24) is 0 Å². The molecule has 0 saturated carbocycles. The Kier molecular flexibility index (Phi) is 6.33. The van der Waals surface area contributed by atoms with Crippen LogP contribution in [0.25, 0.3) is 17.0 Å². The van der Waals surface area contributed by atoms with Crippen molar-refractivity contribution in [1.29, 1.82) is 5.26 Å². The van der Waals surface area contributed by atoms with Crippen LogP contribution < -0.4 is 10.4 Å². The summed E-state index contributed by atoms with van der Waals surface area (Å²) in [6.07, 6.45) is 1.45. The van der Waals surface area contributed by atoms with Gasteiger partial charge in [-0.1, -0.05) is 12.1 Å². The van der Waals surface area contributed by atoms with Gasteiger partial charge in [0.25, 0.3) is 0 Å². The average Bonchev–Trinajstić information content (AvgIpc) is 2.72. The summed E-state index contributed by atoms with van der Waals surface area (Å²) in [7, 11) is 0. The SMILES string of the molecule is CCOc1ccc(/C=C(\C#N)C(=O)OCc2cc(=O)oc3cc(C)c(C)cc23)cc1. The molecule has 0 unspecified atom stereocenters. The zero-order valence-corrected chi connectivity index (χ0v) is 17.0. The lowest BCUT2D eigenvalue weighted by Gasteiger charge is -2.09. The fraction of sp³-hybridized carbons (Fsp3) is 0.208. The van der Waals surface area contributed by atoms with E-state index in [1.54, 1.807) is 30.3 Å². The highest BCUT2D eigenvalue weighted by atomic mass is 16.5. The summed E-state index contributed by atoms with van der Waals surface area (Å²) in [4.78, 5) is 24.3. The summed E-state index contributed by atoms with van der Waals surface area (Å²) in [6.45, 7) is 6.16. The highest BCUT2D eigenvalue weighted by Crippen LogP contribution is 2.22. The Morgan fingerprint density at radius 3 is 2.50 bits per heavy atom. The van der Waals surface area contributed by atoms with Gasteiger partial charge in [0.05, 0.1) is 6.61 Å². The maximum Gasteiger partial charge on any atom is 0.349 e. The minimum Gasteiger partial charge on any atom is -0.494 e. The number of rotatable bonds is 6. The maximum atomic E-state index is 12.4. The van der Waals surface area contributed by atoms with Gasteiger partial charge in [-0.3, -0.25) is 0 Å². The first kappa shape index (κ1) is 20.9. The molecule has 1 heterocycles. The molecule has 0 aliphatic rings. The molecule has 2 aromatic carbocycles. The fourth-order valence-corrected chi connectivity index (χ4v) is 2.95. The van der Waals surface area contributed by atoms with E-state index in [1.807, 2.05) is 32.9 Å². The molecule has 0 fully saturated rings. The first-order chi connectivity index (χ1) is 14.4. The van der Waals surface area contributed by atoms with Gasteiger partial charge in [0.2, 0.25) is 0 Å². The Labute approximate surface area is 174 Å². The second kappa shape index (κ2) is 9.10. The number of ether oxygens (including phenoxy) is 2. The number of hydrogen-bond donors (Lipinski definition) is 0. The summed E-state index contributed by atoms with van der Waals surface area (Å²) < 4.78 is 15.9. The molecule has 0 aliphatic heterocycles. The molecule has 0 amide bonds. The van der Waals surface area contributed by atoms with Gasteiger partial charge in [0.1, 0.15) is 29.6 Å². The van der Waals surface area contributed by atoms with Gasteiger partial charge in [-0.05, 0) is 67.8 Å². The summed E-state index contributed by atoms with van der Waals surface area (Å²) in [5, 5.41) is 10.1. The van der Waals surface area contributed by atoms with Crippen molar-refractivity contribution in [2.45, 2.75) is 27.4 Å². The molecule has 0 aliphatic carbocycles. The number of hydrogen-bond acceptors (Lipinski definition) is 6. The first-order valence-corrected chi connectivity index (χ1v) is 9.47. The third kappa shape index (κ3) is 4.76. The molecule has 0 atom stereocenters. The Hall–Kier alpha value is -3.85. The number of esters is 1. The van der Waals surface area contributed by atoms with Gasteiger partial charge < -0.3 is 13.9 Å². The molecule has 1 aromatic heterocycles. The van der Waals surface area contributed by atoms with E-state index in [-0.39, 0.29) is 12.2 Å². The number of nitrogens with zero attached hydrogens (tertiary/aromatic N) is 1. The van der Waals surface area contributed by atoms with E-state index in [0.29, 0.717) is 34.5 Å². The number of benzene rings is 2. The summed E-state index contributed by atoms with van der Waals surface area (Å²) in [5.41, 5.74) is 2.98. The van der Waals surface area contributed by atoms with Crippen LogP contribution in [0.1, 0.15) is 29.2 Å². The zero-order chi connectivity index (χ0) is 21.7. The lowest BCUT2D eigenvalue weighted by Crippen LogP contribution is -2.09. The van der Waals surface area contributed by atoms with Crippen molar-refractivity contribution in [2.24, 2.45) is 0 Å². The van der Waals surface area contributed by atoms with Crippen LogP contribution in [-0.2, 0) is 16.1 Å². The lowest BCUT2D eigenvalue weighted by atomic mass is 10.0. The predicted molar refractivity (Wildman–Crippen MR) is 113 cm³/mol. The van der Waals surface area contributed by atoms with E-state index in [9.17, 15) is 14.9 Å². The molecule has 0 N–H and O–H groups in total. The molecular weight excluding hydrogens is 382 g/mol. The zero-order valence-electron chi connectivity index (χ0n) is 17.0. The lowest BCUT2D eigenvalue weighted by molar-refractivity contribution is -0.139. The van der Waals surface area contributed by atoms with Gasteiger partial charge in [-0.15, -0.1) is 0 Å². The summed E-state index contributed by atoms with van der Waals surface area (Å²) in [6, 6.07) is 13.8. The van der Waals surface area contributed by atoms with Crippen LogP contribution in [0.3, 0.4) is 0 Å². The van der Waals surface area contributed by atoms with Gasteiger partial charge in [-0.25, -0.2) is 9.59 Å².